The highest BCUT2D eigenvalue weighted by atomic mass is 35.5. The monoisotopic (exact) mass is 426 g/mol. The van der Waals surface area contributed by atoms with E-state index in [1.54, 1.807) is 36.4 Å². The van der Waals surface area contributed by atoms with Crippen molar-refractivity contribution in [3.8, 4) is 0 Å². The molecule has 1 N–H and O–H groups in total. The number of aromatic nitrogens is 1. The first-order valence-electron chi connectivity index (χ1n) is 7.28. The summed E-state index contributed by atoms with van der Waals surface area (Å²) in [5.74, 6) is -1.01. The number of rotatable bonds is 4. The second kappa shape index (κ2) is 7.72. The summed E-state index contributed by atoms with van der Waals surface area (Å²) in [4.78, 5) is 17.5. The number of carboxylic acids is 1. The Balaban J connectivity index is 2.36. The van der Waals surface area contributed by atoms with Gasteiger partial charge < -0.3 is 5.11 Å². The van der Waals surface area contributed by atoms with Crippen LogP contribution in [0, 0.1) is 0 Å². The lowest BCUT2D eigenvalue weighted by molar-refractivity contribution is 0.0697. The molecule has 0 unspecified atom stereocenters. The fourth-order valence-corrected chi connectivity index (χ4v) is 3.19. The molecular formula is C18H10Cl4N2O2. The SMILES string of the molecule is O=C(O)c1cccnc1N(c1cccc(Cl)c1Cl)c1cccc(Cl)c1Cl. The van der Waals surface area contributed by atoms with Crippen LogP contribution in [-0.4, -0.2) is 16.1 Å². The normalized spacial score (nSPS) is 10.6. The summed E-state index contributed by atoms with van der Waals surface area (Å²) in [6, 6.07) is 13.0. The molecule has 0 bridgehead atoms. The highest BCUT2D eigenvalue weighted by Gasteiger charge is 2.25. The molecule has 0 radical (unpaired) electrons. The van der Waals surface area contributed by atoms with Gasteiger partial charge in [0.05, 0.1) is 31.5 Å². The fourth-order valence-electron chi connectivity index (χ4n) is 2.43. The van der Waals surface area contributed by atoms with Gasteiger partial charge in [0.15, 0.2) is 5.82 Å². The van der Waals surface area contributed by atoms with Crippen molar-refractivity contribution >= 4 is 69.6 Å². The number of carboxylic acid groups (broad SMARTS) is 1. The third kappa shape index (κ3) is 3.46. The molecule has 3 rings (SSSR count). The largest absolute Gasteiger partial charge is 0.478 e. The Labute approximate surface area is 169 Å². The standard InChI is InChI=1S/C18H10Cl4N2O2/c19-11-5-1-7-13(15(11)21)24(14-8-2-6-12(20)16(14)22)17-10(18(25)26)4-3-9-23-17/h1-9H,(H,25,26). The Morgan fingerprint density at radius 3 is 1.88 bits per heavy atom. The van der Waals surface area contributed by atoms with Gasteiger partial charge in [0.1, 0.15) is 5.56 Å². The van der Waals surface area contributed by atoms with E-state index in [-0.39, 0.29) is 21.4 Å². The third-order valence-corrected chi connectivity index (χ3v) is 5.19. The molecule has 132 valence electrons. The lowest BCUT2D eigenvalue weighted by Gasteiger charge is -2.27. The minimum absolute atomic E-state index is 0.0282. The second-order valence-corrected chi connectivity index (χ2v) is 6.73. The predicted octanol–water partition coefficient (Wildman–Crippen LogP) is 6.86. The molecule has 0 saturated carbocycles. The van der Waals surface area contributed by atoms with E-state index >= 15 is 0 Å². The molecule has 0 aliphatic heterocycles. The van der Waals surface area contributed by atoms with Crippen LogP contribution in [0.5, 0.6) is 0 Å². The zero-order chi connectivity index (χ0) is 18.8. The molecule has 0 spiro atoms. The van der Waals surface area contributed by atoms with E-state index in [9.17, 15) is 9.90 Å². The van der Waals surface area contributed by atoms with Gasteiger partial charge in [0.2, 0.25) is 0 Å². The highest BCUT2D eigenvalue weighted by Crippen LogP contribution is 2.45. The Morgan fingerprint density at radius 1 is 0.846 bits per heavy atom. The van der Waals surface area contributed by atoms with Gasteiger partial charge >= 0.3 is 5.97 Å². The van der Waals surface area contributed by atoms with Gasteiger partial charge in [-0.05, 0) is 36.4 Å². The minimum atomic E-state index is -1.14. The zero-order valence-corrected chi connectivity index (χ0v) is 16.0. The summed E-state index contributed by atoms with van der Waals surface area (Å²) in [6.07, 6.45) is 1.48. The van der Waals surface area contributed by atoms with Crippen molar-refractivity contribution in [3.05, 3.63) is 80.4 Å². The molecule has 1 heterocycles. The van der Waals surface area contributed by atoms with Crippen molar-refractivity contribution < 1.29 is 9.90 Å². The molecule has 0 amide bonds. The summed E-state index contributed by atoms with van der Waals surface area (Å²) in [5, 5.41) is 10.6. The summed E-state index contributed by atoms with van der Waals surface area (Å²) in [6.45, 7) is 0. The molecule has 0 fully saturated rings. The van der Waals surface area contributed by atoms with E-state index < -0.39 is 5.97 Å². The molecule has 0 aliphatic rings. The van der Waals surface area contributed by atoms with Crippen LogP contribution in [-0.2, 0) is 0 Å². The average molecular weight is 428 g/mol. The van der Waals surface area contributed by atoms with Crippen molar-refractivity contribution in [2.75, 3.05) is 4.90 Å². The number of nitrogens with zero attached hydrogens (tertiary/aromatic N) is 2. The van der Waals surface area contributed by atoms with E-state index in [2.05, 4.69) is 4.98 Å². The van der Waals surface area contributed by atoms with E-state index in [4.69, 9.17) is 46.4 Å². The fraction of sp³-hybridized carbons (Fsp3) is 0. The van der Waals surface area contributed by atoms with Crippen molar-refractivity contribution in [3.63, 3.8) is 0 Å². The topological polar surface area (TPSA) is 53.4 Å². The van der Waals surface area contributed by atoms with Gasteiger partial charge in [0.25, 0.3) is 0 Å². The maximum atomic E-state index is 11.7. The van der Waals surface area contributed by atoms with Crippen molar-refractivity contribution in [1.29, 1.82) is 0 Å². The molecule has 26 heavy (non-hydrogen) atoms. The van der Waals surface area contributed by atoms with Gasteiger partial charge in [-0.3, -0.25) is 4.90 Å². The smallest absolute Gasteiger partial charge is 0.339 e. The molecule has 0 saturated heterocycles. The second-order valence-electron chi connectivity index (χ2n) is 5.16. The van der Waals surface area contributed by atoms with Gasteiger partial charge in [-0.1, -0.05) is 58.5 Å². The van der Waals surface area contributed by atoms with E-state index in [1.807, 2.05) is 0 Å². The van der Waals surface area contributed by atoms with Gasteiger partial charge in [0, 0.05) is 6.20 Å². The summed E-state index contributed by atoms with van der Waals surface area (Å²) in [5.41, 5.74) is 0.814. The number of aromatic carboxylic acids is 1. The van der Waals surface area contributed by atoms with Crippen LogP contribution in [0.2, 0.25) is 20.1 Å². The van der Waals surface area contributed by atoms with Crippen molar-refractivity contribution in [2.45, 2.75) is 0 Å². The van der Waals surface area contributed by atoms with E-state index in [0.717, 1.165) is 0 Å². The van der Waals surface area contributed by atoms with Crippen LogP contribution in [0.15, 0.2) is 54.7 Å². The molecule has 1 aromatic heterocycles. The average Bonchev–Trinajstić information content (AvgIpc) is 2.62. The van der Waals surface area contributed by atoms with Crippen LogP contribution in [0.25, 0.3) is 0 Å². The van der Waals surface area contributed by atoms with Gasteiger partial charge in [-0.2, -0.15) is 0 Å². The summed E-state index contributed by atoms with van der Waals surface area (Å²) in [7, 11) is 0. The van der Waals surface area contributed by atoms with Gasteiger partial charge in [-0.15, -0.1) is 0 Å². The molecular weight excluding hydrogens is 418 g/mol. The van der Waals surface area contributed by atoms with Crippen LogP contribution in [0.4, 0.5) is 17.2 Å². The maximum absolute atomic E-state index is 11.7. The molecule has 8 heteroatoms. The first kappa shape index (κ1) is 18.8. The van der Waals surface area contributed by atoms with Crippen molar-refractivity contribution in [2.24, 2.45) is 0 Å². The molecule has 4 nitrogen and oxygen atoms in total. The highest BCUT2D eigenvalue weighted by molar-refractivity contribution is 6.45. The molecule has 2 aromatic carbocycles. The quantitative estimate of drug-likeness (QED) is 0.493. The summed E-state index contributed by atoms with van der Waals surface area (Å²) >= 11 is 25.1. The van der Waals surface area contributed by atoms with Crippen LogP contribution >= 0.6 is 46.4 Å². The van der Waals surface area contributed by atoms with Crippen LogP contribution < -0.4 is 4.90 Å². The molecule has 0 aliphatic carbocycles. The Hall–Kier alpha value is -1.98. The number of carbonyl (C=O) groups is 1. The Morgan fingerprint density at radius 2 is 1.38 bits per heavy atom. The van der Waals surface area contributed by atoms with Crippen LogP contribution in [0.3, 0.4) is 0 Å². The lowest BCUT2D eigenvalue weighted by atomic mass is 10.1. The lowest BCUT2D eigenvalue weighted by Crippen LogP contribution is -2.16. The number of pyridine rings is 1. The first-order valence-corrected chi connectivity index (χ1v) is 8.79. The first-order chi connectivity index (χ1) is 12.4. The molecule has 0 atom stereocenters. The predicted molar refractivity (Wildman–Crippen MR) is 106 cm³/mol. The number of hydrogen-bond acceptors (Lipinski definition) is 3. The third-order valence-electron chi connectivity index (χ3n) is 3.57. The number of halogens is 4. The number of hydrogen-bond donors (Lipinski definition) is 1. The van der Waals surface area contributed by atoms with Gasteiger partial charge in [-0.25, -0.2) is 9.78 Å². The maximum Gasteiger partial charge on any atom is 0.339 e. The Bertz CT molecular complexity index is 943. The number of anilines is 3. The van der Waals surface area contributed by atoms with E-state index in [0.29, 0.717) is 21.4 Å². The molecule has 3 aromatic rings. The summed E-state index contributed by atoms with van der Waals surface area (Å²) < 4.78 is 0. The van der Waals surface area contributed by atoms with E-state index in [1.165, 1.54) is 23.2 Å². The minimum Gasteiger partial charge on any atom is -0.478 e. The van der Waals surface area contributed by atoms with Crippen molar-refractivity contribution in [1.82, 2.24) is 4.98 Å². The Kier molecular flexibility index (Phi) is 5.58. The number of benzene rings is 2. The van der Waals surface area contributed by atoms with Crippen LogP contribution in [0.1, 0.15) is 10.4 Å². The zero-order valence-electron chi connectivity index (χ0n) is 13.0.